The van der Waals surface area contributed by atoms with E-state index in [0.29, 0.717) is 31.0 Å². The molecule has 0 atom stereocenters. The number of nitrogens with zero attached hydrogens (tertiary/aromatic N) is 4. The van der Waals surface area contributed by atoms with E-state index >= 15 is 0 Å². The lowest BCUT2D eigenvalue weighted by Gasteiger charge is -2.32. The molecule has 2 aliphatic heterocycles. The fraction of sp³-hybridized carbons (Fsp3) is 0.400. The van der Waals surface area contributed by atoms with Crippen molar-refractivity contribution in [3.63, 3.8) is 0 Å². The van der Waals surface area contributed by atoms with Crippen molar-refractivity contribution >= 4 is 17.3 Å². The number of pyridine rings is 1. The molecule has 32 heavy (non-hydrogen) atoms. The molecule has 0 bridgehead atoms. The van der Waals surface area contributed by atoms with Crippen LogP contribution in [0, 0.1) is 5.82 Å². The first-order valence-electron chi connectivity index (χ1n) is 11.4. The smallest absolute Gasteiger partial charge is 0.257 e. The highest BCUT2D eigenvalue weighted by Crippen LogP contribution is 2.30. The molecule has 0 radical (unpaired) electrons. The van der Waals surface area contributed by atoms with Gasteiger partial charge in [-0.3, -0.25) is 9.59 Å². The number of likely N-dealkylation sites (tertiary alicyclic amines) is 2. The molecule has 2 fully saturated rings. The zero-order chi connectivity index (χ0) is 22.1. The number of hydrogen-bond acceptors (Lipinski definition) is 3. The Morgan fingerprint density at radius 1 is 0.969 bits per heavy atom. The van der Waals surface area contributed by atoms with Crippen LogP contribution in [0.5, 0.6) is 0 Å². The van der Waals surface area contributed by atoms with Gasteiger partial charge < -0.3 is 9.80 Å². The van der Waals surface area contributed by atoms with Crippen LogP contribution >= 0.6 is 0 Å². The number of aromatic nitrogens is 2. The predicted molar refractivity (Wildman–Crippen MR) is 119 cm³/mol. The molecule has 2 aromatic heterocycles. The van der Waals surface area contributed by atoms with Gasteiger partial charge in [0.05, 0.1) is 23.7 Å². The van der Waals surface area contributed by atoms with E-state index in [1.807, 2.05) is 16.0 Å². The molecule has 1 aromatic carbocycles. The fourth-order valence-electron chi connectivity index (χ4n) is 4.86. The molecule has 0 saturated carbocycles. The van der Waals surface area contributed by atoms with Crippen molar-refractivity contribution in [1.29, 1.82) is 0 Å². The van der Waals surface area contributed by atoms with Crippen molar-refractivity contribution in [2.75, 3.05) is 26.2 Å². The monoisotopic (exact) mass is 434 g/mol. The average molecular weight is 435 g/mol. The molecular formula is C25H27FN4O2. The Kier molecular flexibility index (Phi) is 5.64. The molecule has 5 rings (SSSR count). The van der Waals surface area contributed by atoms with Crippen molar-refractivity contribution in [2.45, 2.75) is 38.0 Å². The lowest BCUT2D eigenvalue weighted by Crippen LogP contribution is -2.38. The van der Waals surface area contributed by atoms with Crippen LogP contribution in [0.4, 0.5) is 4.39 Å². The standard InChI is InChI=1S/C25H27FN4O2/c26-21-5-3-18(4-6-21)15-24(31)28-12-7-19(8-13-28)20-9-14-30-23(16-20)22(17-27-30)25(32)29-10-1-2-11-29/h3-6,9,14,16-17,19H,1-2,7-8,10-13,15H2. The quantitative estimate of drug-likeness (QED) is 0.630. The van der Waals surface area contributed by atoms with Crippen LogP contribution in [0.1, 0.15) is 53.1 Å². The Hall–Kier alpha value is -3.22. The molecule has 2 amide bonds. The first kappa shape index (κ1) is 20.7. The number of halogens is 1. The molecule has 4 heterocycles. The van der Waals surface area contributed by atoms with E-state index in [1.165, 1.54) is 17.7 Å². The third-order valence-electron chi connectivity index (χ3n) is 6.76. The third-order valence-corrected chi connectivity index (χ3v) is 6.76. The number of hydrogen-bond donors (Lipinski definition) is 0. The summed E-state index contributed by atoms with van der Waals surface area (Å²) < 4.78 is 14.9. The van der Waals surface area contributed by atoms with Gasteiger partial charge in [0.1, 0.15) is 5.82 Å². The topological polar surface area (TPSA) is 57.9 Å². The van der Waals surface area contributed by atoms with Gasteiger partial charge in [0.15, 0.2) is 0 Å². The molecule has 0 unspecified atom stereocenters. The molecule has 3 aromatic rings. The molecule has 0 N–H and O–H groups in total. The number of piperidine rings is 1. The lowest BCUT2D eigenvalue weighted by atomic mass is 9.89. The van der Waals surface area contributed by atoms with Gasteiger partial charge in [0.2, 0.25) is 5.91 Å². The van der Waals surface area contributed by atoms with Crippen LogP contribution < -0.4 is 0 Å². The van der Waals surface area contributed by atoms with E-state index < -0.39 is 0 Å². The van der Waals surface area contributed by atoms with E-state index in [-0.39, 0.29) is 17.6 Å². The normalized spacial score (nSPS) is 17.3. The van der Waals surface area contributed by atoms with E-state index in [0.717, 1.165) is 49.9 Å². The third kappa shape index (κ3) is 4.11. The minimum Gasteiger partial charge on any atom is -0.342 e. The highest BCUT2D eigenvalue weighted by atomic mass is 19.1. The van der Waals surface area contributed by atoms with Crippen molar-refractivity contribution < 1.29 is 14.0 Å². The first-order valence-corrected chi connectivity index (χ1v) is 11.4. The molecule has 0 spiro atoms. The zero-order valence-corrected chi connectivity index (χ0v) is 18.0. The second-order valence-electron chi connectivity index (χ2n) is 8.81. The van der Waals surface area contributed by atoms with Gasteiger partial charge in [-0.25, -0.2) is 8.91 Å². The largest absolute Gasteiger partial charge is 0.342 e. The number of carbonyl (C=O) groups excluding carboxylic acids is 2. The van der Waals surface area contributed by atoms with Crippen LogP contribution in [0.15, 0.2) is 48.8 Å². The van der Waals surface area contributed by atoms with Crippen LogP contribution in [0.25, 0.3) is 5.52 Å². The maximum Gasteiger partial charge on any atom is 0.257 e. The minimum atomic E-state index is -0.289. The van der Waals surface area contributed by atoms with Crippen molar-refractivity contribution in [3.8, 4) is 0 Å². The summed E-state index contributed by atoms with van der Waals surface area (Å²) in [5.41, 5.74) is 3.55. The molecule has 0 aliphatic carbocycles. The van der Waals surface area contributed by atoms with Gasteiger partial charge in [0.25, 0.3) is 5.91 Å². The van der Waals surface area contributed by atoms with Crippen LogP contribution in [0.2, 0.25) is 0 Å². The first-order chi connectivity index (χ1) is 15.6. The Morgan fingerprint density at radius 2 is 1.69 bits per heavy atom. The second-order valence-corrected chi connectivity index (χ2v) is 8.81. The molecular weight excluding hydrogens is 407 g/mol. The maximum atomic E-state index is 13.1. The molecule has 7 heteroatoms. The summed E-state index contributed by atoms with van der Waals surface area (Å²) in [4.78, 5) is 29.4. The summed E-state index contributed by atoms with van der Waals surface area (Å²) in [5.74, 6) is 0.206. The van der Waals surface area contributed by atoms with Crippen LogP contribution in [-0.2, 0) is 11.2 Å². The van der Waals surface area contributed by atoms with Gasteiger partial charge in [0, 0.05) is 32.4 Å². The summed E-state index contributed by atoms with van der Waals surface area (Å²) in [5, 5.41) is 4.37. The van der Waals surface area contributed by atoms with E-state index in [1.54, 1.807) is 22.8 Å². The number of benzene rings is 1. The molecule has 2 saturated heterocycles. The summed E-state index contributed by atoms with van der Waals surface area (Å²) in [6.45, 7) is 3.05. The summed E-state index contributed by atoms with van der Waals surface area (Å²) >= 11 is 0. The van der Waals surface area contributed by atoms with Crippen LogP contribution in [0.3, 0.4) is 0 Å². The summed E-state index contributed by atoms with van der Waals surface area (Å²) in [7, 11) is 0. The van der Waals surface area contributed by atoms with E-state index in [2.05, 4.69) is 17.2 Å². The summed E-state index contributed by atoms with van der Waals surface area (Å²) in [6.07, 6.45) is 7.80. The average Bonchev–Trinajstić information content (AvgIpc) is 3.50. The van der Waals surface area contributed by atoms with Crippen molar-refractivity contribution in [2.24, 2.45) is 0 Å². The van der Waals surface area contributed by atoms with E-state index in [9.17, 15) is 14.0 Å². The number of carbonyl (C=O) groups is 2. The highest BCUT2D eigenvalue weighted by molar-refractivity contribution is 6.00. The second kappa shape index (κ2) is 8.73. The number of rotatable bonds is 4. The Labute approximate surface area is 186 Å². The minimum absolute atomic E-state index is 0.0656. The predicted octanol–water partition coefficient (Wildman–Crippen LogP) is 3.66. The van der Waals surface area contributed by atoms with Crippen molar-refractivity contribution in [1.82, 2.24) is 19.4 Å². The van der Waals surface area contributed by atoms with Gasteiger partial charge in [-0.05, 0) is 67.0 Å². The van der Waals surface area contributed by atoms with Crippen molar-refractivity contribution in [3.05, 3.63) is 71.3 Å². The maximum absolute atomic E-state index is 13.1. The molecule has 166 valence electrons. The fourth-order valence-corrected chi connectivity index (χ4v) is 4.86. The Bertz CT molecular complexity index is 1130. The summed E-state index contributed by atoms with van der Waals surface area (Å²) in [6, 6.07) is 10.3. The van der Waals surface area contributed by atoms with Gasteiger partial charge in [-0.15, -0.1) is 0 Å². The van der Waals surface area contributed by atoms with Crippen LogP contribution in [-0.4, -0.2) is 57.4 Å². The number of fused-ring (bicyclic) bond motifs is 1. The molecule has 2 aliphatic rings. The molecule has 6 nitrogen and oxygen atoms in total. The lowest BCUT2D eigenvalue weighted by molar-refractivity contribution is -0.131. The number of amides is 2. The van der Waals surface area contributed by atoms with E-state index in [4.69, 9.17) is 0 Å². The Balaban J connectivity index is 1.25. The highest BCUT2D eigenvalue weighted by Gasteiger charge is 2.26. The van der Waals surface area contributed by atoms with Gasteiger partial charge in [-0.2, -0.15) is 5.10 Å². The Morgan fingerprint density at radius 3 is 2.41 bits per heavy atom. The van der Waals surface area contributed by atoms with Gasteiger partial charge >= 0.3 is 0 Å². The SMILES string of the molecule is O=C(Cc1ccc(F)cc1)N1CCC(c2ccn3ncc(C(=O)N4CCCC4)c3c2)CC1. The zero-order valence-electron chi connectivity index (χ0n) is 18.0. The van der Waals surface area contributed by atoms with Gasteiger partial charge in [-0.1, -0.05) is 12.1 Å².